The number of fused-ring (bicyclic) bond motifs is 1. The molecule has 2 aromatic rings. The minimum Gasteiger partial charge on any atom is -0.479 e. The van der Waals surface area contributed by atoms with E-state index >= 15 is 0 Å². The lowest BCUT2D eigenvalue weighted by atomic mass is 10.1. The lowest BCUT2D eigenvalue weighted by molar-refractivity contribution is -0.125. The first kappa shape index (κ1) is 18.0. The molecule has 2 amide bonds. The Kier molecular flexibility index (Phi) is 5.00. The Morgan fingerprint density at radius 2 is 2.08 bits per heavy atom. The van der Waals surface area contributed by atoms with Crippen molar-refractivity contribution in [1.29, 1.82) is 0 Å². The van der Waals surface area contributed by atoms with E-state index in [1.165, 1.54) is 0 Å². The standard InChI is InChI=1S/C20H19ClN2O3/c1-12(2)11-23-17-10-16(7-8-18(17)26-13(3)20(23)25)22-19(24)14-5-4-6-15(21)9-14/h4-10,13H,1,11H2,2-3H3,(H,22,24). The summed E-state index contributed by atoms with van der Waals surface area (Å²) in [6.07, 6.45) is -0.561. The Balaban J connectivity index is 1.89. The SMILES string of the molecule is C=C(C)CN1C(=O)C(C)Oc2ccc(NC(=O)c3cccc(Cl)c3)cc21. The van der Waals surface area contributed by atoms with Gasteiger partial charge in [-0.25, -0.2) is 0 Å². The number of carbonyl (C=O) groups is 2. The van der Waals surface area contributed by atoms with Crippen molar-refractivity contribution in [3.8, 4) is 5.75 Å². The second kappa shape index (κ2) is 7.22. The topological polar surface area (TPSA) is 58.6 Å². The van der Waals surface area contributed by atoms with Crippen LogP contribution in [0, 0.1) is 0 Å². The molecule has 0 saturated heterocycles. The predicted octanol–water partition coefficient (Wildman–Crippen LogP) is 4.28. The fraction of sp³-hybridized carbons (Fsp3) is 0.200. The second-order valence-corrected chi connectivity index (χ2v) is 6.72. The summed E-state index contributed by atoms with van der Waals surface area (Å²) in [5.41, 5.74) is 2.48. The van der Waals surface area contributed by atoms with Crippen LogP contribution >= 0.6 is 11.6 Å². The molecule has 0 spiro atoms. The highest BCUT2D eigenvalue weighted by molar-refractivity contribution is 6.31. The molecule has 5 nitrogen and oxygen atoms in total. The van der Waals surface area contributed by atoms with Gasteiger partial charge in [-0.05, 0) is 50.2 Å². The summed E-state index contributed by atoms with van der Waals surface area (Å²) in [7, 11) is 0. The van der Waals surface area contributed by atoms with E-state index in [0.717, 1.165) is 5.57 Å². The molecular formula is C20H19ClN2O3. The Bertz CT molecular complexity index is 894. The molecule has 3 rings (SSSR count). The molecular weight excluding hydrogens is 352 g/mol. The summed E-state index contributed by atoms with van der Waals surface area (Å²) in [5, 5.41) is 3.31. The van der Waals surface area contributed by atoms with E-state index in [-0.39, 0.29) is 11.8 Å². The summed E-state index contributed by atoms with van der Waals surface area (Å²) in [4.78, 5) is 26.5. The van der Waals surface area contributed by atoms with E-state index in [9.17, 15) is 9.59 Å². The number of hydrogen-bond donors (Lipinski definition) is 1. The number of halogens is 1. The van der Waals surface area contributed by atoms with Crippen molar-refractivity contribution in [1.82, 2.24) is 0 Å². The largest absolute Gasteiger partial charge is 0.479 e. The summed E-state index contributed by atoms with van der Waals surface area (Å²) >= 11 is 5.94. The summed E-state index contributed by atoms with van der Waals surface area (Å²) < 4.78 is 5.67. The zero-order chi connectivity index (χ0) is 18.8. The smallest absolute Gasteiger partial charge is 0.268 e. The first-order valence-corrected chi connectivity index (χ1v) is 8.56. The molecule has 134 valence electrons. The third-order valence-corrected chi connectivity index (χ3v) is 4.18. The van der Waals surface area contributed by atoms with Crippen LogP contribution in [-0.2, 0) is 4.79 Å². The molecule has 6 heteroatoms. The van der Waals surface area contributed by atoms with Crippen molar-refractivity contribution < 1.29 is 14.3 Å². The molecule has 0 aromatic heterocycles. The lowest BCUT2D eigenvalue weighted by Crippen LogP contribution is -2.45. The normalized spacial score (nSPS) is 15.9. The highest BCUT2D eigenvalue weighted by Gasteiger charge is 2.31. The van der Waals surface area contributed by atoms with Gasteiger partial charge in [0.25, 0.3) is 11.8 Å². The number of hydrogen-bond acceptors (Lipinski definition) is 3. The first-order valence-electron chi connectivity index (χ1n) is 8.18. The second-order valence-electron chi connectivity index (χ2n) is 6.29. The van der Waals surface area contributed by atoms with E-state index < -0.39 is 6.10 Å². The highest BCUT2D eigenvalue weighted by atomic mass is 35.5. The van der Waals surface area contributed by atoms with Crippen molar-refractivity contribution in [3.63, 3.8) is 0 Å². The van der Waals surface area contributed by atoms with Gasteiger partial charge in [0.15, 0.2) is 6.10 Å². The molecule has 1 atom stereocenters. The fourth-order valence-electron chi connectivity index (χ4n) is 2.75. The number of ether oxygens (including phenoxy) is 1. The van der Waals surface area contributed by atoms with E-state index in [0.29, 0.717) is 34.3 Å². The quantitative estimate of drug-likeness (QED) is 0.817. The van der Waals surface area contributed by atoms with Gasteiger partial charge in [-0.3, -0.25) is 9.59 Å². The number of amides is 2. The maximum atomic E-state index is 12.5. The fourth-order valence-corrected chi connectivity index (χ4v) is 2.94. The lowest BCUT2D eigenvalue weighted by Gasteiger charge is -2.33. The van der Waals surface area contributed by atoms with E-state index in [4.69, 9.17) is 16.3 Å². The summed E-state index contributed by atoms with van der Waals surface area (Å²) in [6, 6.07) is 11.9. The van der Waals surface area contributed by atoms with Crippen LogP contribution < -0.4 is 15.0 Å². The minimum absolute atomic E-state index is 0.140. The number of anilines is 2. The number of rotatable bonds is 4. The van der Waals surface area contributed by atoms with Crippen LogP contribution in [0.2, 0.25) is 5.02 Å². The zero-order valence-electron chi connectivity index (χ0n) is 14.6. The van der Waals surface area contributed by atoms with Crippen LogP contribution in [0.25, 0.3) is 0 Å². The van der Waals surface area contributed by atoms with Crippen molar-refractivity contribution in [3.05, 3.63) is 65.2 Å². The van der Waals surface area contributed by atoms with Gasteiger partial charge in [0, 0.05) is 22.8 Å². The van der Waals surface area contributed by atoms with E-state index in [1.54, 1.807) is 54.3 Å². The Morgan fingerprint density at radius 1 is 1.31 bits per heavy atom. The highest BCUT2D eigenvalue weighted by Crippen LogP contribution is 2.36. The van der Waals surface area contributed by atoms with Gasteiger partial charge in [-0.2, -0.15) is 0 Å². The average molecular weight is 371 g/mol. The summed E-state index contributed by atoms with van der Waals surface area (Å²) in [6.45, 7) is 7.85. The van der Waals surface area contributed by atoms with Crippen LogP contribution in [0.15, 0.2) is 54.6 Å². The number of nitrogens with one attached hydrogen (secondary N) is 1. The Morgan fingerprint density at radius 3 is 2.77 bits per heavy atom. The Labute approximate surface area is 157 Å². The van der Waals surface area contributed by atoms with Crippen LogP contribution in [0.5, 0.6) is 5.75 Å². The van der Waals surface area contributed by atoms with Crippen molar-refractivity contribution in [2.75, 3.05) is 16.8 Å². The van der Waals surface area contributed by atoms with Crippen molar-refractivity contribution in [2.24, 2.45) is 0 Å². The molecule has 0 bridgehead atoms. The Hall–Kier alpha value is -2.79. The average Bonchev–Trinajstić information content (AvgIpc) is 2.59. The monoisotopic (exact) mass is 370 g/mol. The van der Waals surface area contributed by atoms with E-state index in [1.807, 2.05) is 6.92 Å². The first-order chi connectivity index (χ1) is 12.3. The molecule has 2 aromatic carbocycles. The van der Waals surface area contributed by atoms with Gasteiger partial charge in [0.1, 0.15) is 5.75 Å². The zero-order valence-corrected chi connectivity index (χ0v) is 15.3. The third-order valence-electron chi connectivity index (χ3n) is 3.94. The molecule has 1 unspecified atom stereocenters. The molecule has 1 aliphatic heterocycles. The van der Waals surface area contributed by atoms with Gasteiger partial charge < -0.3 is 15.0 Å². The van der Waals surface area contributed by atoms with Crippen LogP contribution in [-0.4, -0.2) is 24.5 Å². The van der Waals surface area contributed by atoms with Gasteiger partial charge in [-0.1, -0.05) is 29.8 Å². The predicted molar refractivity (Wildman–Crippen MR) is 103 cm³/mol. The van der Waals surface area contributed by atoms with Crippen LogP contribution in [0.4, 0.5) is 11.4 Å². The van der Waals surface area contributed by atoms with Gasteiger partial charge in [0.2, 0.25) is 0 Å². The van der Waals surface area contributed by atoms with Gasteiger partial charge >= 0.3 is 0 Å². The third kappa shape index (κ3) is 3.73. The molecule has 0 fully saturated rings. The van der Waals surface area contributed by atoms with Gasteiger partial charge in [0.05, 0.1) is 5.69 Å². The maximum absolute atomic E-state index is 12.5. The molecule has 1 heterocycles. The number of benzene rings is 2. The minimum atomic E-state index is -0.561. The van der Waals surface area contributed by atoms with E-state index in [2.05, 4.69) is 11.9 Å². The van der Waals surface area contributed by atoms with Gasteiger partial charge in [-0.15, -0.1) is 0 Å². The maximum Gasteiger partial charge on any atom is 0.268 e. The molecule has 0 radical (unpaired) electrons. The number of carbonyl (C=O) groups excluding carboxylic acids is 2. The molecule has 0 saturated carbocycles. The van der Waals surface area contributed by atoms with Crippen LogP contribution in [0.1, 0.15) is 24.2 Å². The summed E-state index contributed by atoms with van der Waals surface area (Å²) in [5.74, 6) is 0.174. The number of nitrogens with zero attached hydrogens (tertiary/aromatic N) is 1. The molecule has 0 aliphatic carbocycles. The van der Waals surface area contributed by atoms with Crippen molar-refractivity contribution >= 4 is 34.8 Å². The molecule has 26 heavy (non-hydrogen) atoms. The molecule has 1 N–H and O–H groups in total. The molecule has 1 aliphatic rings. The van der Waals surface area contributed by atoms with Crippen LogP contribution in [0.3, 0.4) is 0 Å². The van der Waals surface area contributed by atoms with Crippen molar-refractivity contribution in [2.45, 2.75) is 20.0 Å².